The van der Waals surface area contributed by atoms with Gasteiger partial charge in [-0.15, -0.1) is 0 Å². The van der Waals surface area contributed by atoms with Gasteiger partial charge in [-0.05, 0) is 25.0 Å². The largest absolute Gasteiger partial charge is 0.469 e. The number of amides is 1. The van der Waals surface area contributed by atoms with Gasteiger partial charge < -0.3 is 9.64 Å². The van der Waals surface area contributed by atoms with Gasteiger partial charge in [0.1, 0.15) is 5.69 Å². The molecule has 1 aromatic heterocycles. The molecular weight excluding hydrogens is 251 g/mol. The second-order valence-electron chi connectivity index (χ2n) is 4.46. The highest BCUT2D eigenvalue weighted by atomic mass is 19.1. The van der Waals surface area contributed by atoms with Gasteiger partial charge in [-0.2, -0.15) is 4.39 Å². The quantitative estimate of drug-likeness (QED) is 0.597. The van der Waals surface area contributed by atoms with E-state index in [1.165, 1.54) is 30.2 Å². The van der Waals surface area contributed by atoms with Crippen LogP contribution in [-0.4, -0.2) is 42.0 Å². The minimum absolute atomic E-state index is 0.0607. The van der Waals surface area contributed by atoms with Crippen LogP contribution in [0.15, 0.2) is 18.2 Å². The molecule has 1 unspecified atom stereocenters. The summed E-state index contributed by atoms with van der Waals surface area (Å²) < 4.78 is 17.7. The molecular formula is C13H15FN2O3. The number of rotatable bonds is 2. The van der Waals surface area contributed by atoms with Gasteiger partial charge in [-0.25, -0.2) is 4.98 Å². The van der Waals surface area contributed by atoms with E-state index in [0.29, 0.717) is 19.5 Å². The normalized spacial score (nSPS) is 19.1. The second kappa shape index (κ2) is 5.77. The first-order valence-corrected chi connectivity index (χ1v) is 6.11. The Morgan fingerprint density at radius 3 is 2.95 bits per heavy atom. The number of hydrogen-bond donors (Lipinski definition) is 0. The maximum Gasteiger partial charge on any atom is 0.310 e. The Labute approximate surface area is 110 Å². The van der Waals surface area contributed by atoms with E-state index in [1.54, 1.807) is 0 Å². The van der Waals surface area contributed by atoms with Gasteiger partial charge in [0.05, 0.1) is 13.0 Å². The summed E-state index contributed by atoms with van der Waals surface area (Å²) in [5.74, 6) is -1.67. The summed E-state index contributed by atoms with van der Waals surface area (Å²) in [4.78, 5) is 28.7. The zero-order chi connectivity index (χ0) is 13.8. The lowest BCUT2D eigenvalue weighted by molar-refractivity contribution is -0.146. The average molecular weight is 266 g/mol. The van der Waals surface area contributed by atoms with E-state index in [-0.39, 0.29) is 23.5 Å². The third kappa shape index (κ3) is 3.07. The fourth-order valence-electron chi connectivity index (χ4n) is 2.21. The van der Waals surface area contributed by atoms with E-state index in [4.69, 9.17) is 4.74 Å². The highest BCUT2D eigenvalue weighted by Crippen LogP contribution is 2.19. The monoisotopic (exact) mass is 266 g/mol. The molecule has 1 atom stereocenters. The van der Waals surface area contributed by atoms with E-state index < -0.39 is 5.95 Å². The standard InChI is InChI=1S/C13H15FN2O3/c1-19-13(18)9-4-3-7-16(8-9)12(17)10-5-2-6-11(14)15-10/h2,5-6,9H,3-4,7-8H2,1H3. The zero-order valence-electron chi connectivity index (χ0n) is 10.6. The molecule has 2 heterocycles. The summed E-state index contributed by atoms with van der Waals surface area (Å²) in [6.45, 7) is 0.841. The Kier molecular flexibility index (Phi) is 4.09. The van der Waals surface area contributed by atoms with Gasteiger partial charge in [0.2, 0.25) is 5.95 Å². The van der Waals surface area contributed by atoms with Crippen LogP contribution >= 0.6 is 0 Å². The lowest BCUT2D eigenvalue weighted by Crippen LogP contribution is -2.43. The van der Waals surface area contributed by atoms with Crippen LogP contribution in [0.4, 0.5) is 4.39 Å². The first-order valence-electron chi connectivity index (χ1n) is 6.11. The number of hydrogen-bond acceptors (Lipinski definition) is 4. The van der Waals surface area contributed by atoms with Crippen molar-refractivity contribution < 1.29 is 18.7 Å². The number of aromatic nitrogens is 1. The van der Waals surface area contributed by atoms with Crippen molar-refractivity contribution in [1.29, 1.82) is 0 Å². The van der Waals surface area contributed by atoms with Crippen molar-refractivity contribution in [1.82, 2.24) is 9.88 Å². The molecule has 0 aromatic carbocycles. The lowest BCUT2D eigenvalue weighted by atomic mass is 9.98. The van der Waals surface area contributed by atoms with Crippen molar-refractivity contribution >= 4 is 11.9 Å². The second-order valence-corrected chi connectivity index (χ2v) is 4.46. The number of likely N-dealkylation sites (tertiary alicyclic amines) is 1. The van der Waals surface area contributed by atoms with E-state index >= 15 is 0 Å². The molecule has 1 aromatic rings. The zero-order valence-corrected chi connectivity index (χ0v) is 10.6. The molecule has 6 heteroatoms. The van der Waals surface area contributed by atoms with Crippen LogP contribution in [0.25, 0.3) is 0 Å². The number of carbonyl (C=O) groups excluding carboxylic acids is 2. The minimum Gasteiger partial charge on any atom is -0.469 e. The van der Waals surface area contributed by atoms with E-state index in [0.717, 1.165) is 6.42 Å². The number of esters is 1. The highest BCUT2D eigenvalue weighted by Gasteiger charge is 2.29. The smallest absolute Gasteiger partial charge is 0.310 e. The predicted octanol–water partition coefficient (Wildman–Crippen LogP) is 1.25. The Bertz CT molecular complexity index is 493. The fraction of sp³-hybridized carbons (Fsp3) is 0.462. The molecule has 1 fully saturated rings. The molecule has 1 amide bonds. The molecule has 0 spiro atoms. The third-order valence-electron chi connectivity index (χ3n) is 3.18. The van der Waals surface area contributed by atoms with E-state index in [1.807, 2.05) is 0 Å². The van der Waals surface area contributed by atoms with Crippen molar-refractivity contribution in [3.05, 3.63) is 29.8 Å². The topological polar surface area (TPSA) is 59.5 Å². The number of methoxy groups -OCH3 is 1. The molecule has 0 bridgehead atoms. The number of halogens is 1. The van der Waals surface area contributed by atoms with Crippen molar-refractivity contribution in [3.8, 4) is 0 Å². The number of piperidine rings is 1. The molecule has 102 valence electrons. The Hall–Kier alpha value is -1.98. The maximum atomic E-state index is 13.0. The molecule has 0 aliphatic carbocycles. The van der Waals surface area contributed by atoms with Gasteiger partial charge in [0, 0.05) is 13.1 Å². The van der Waals surface area contributed by atoms with Crippen LogP contribution in [0.3, 0.4) is 0 Å². The van der Waals surface area contributed by atoms with E-state index in [9.17, 15) is 14.0 Å². The van der Waals surface area contributed by atoms with Crippen LogP contribution in [0, 0.1) is 11.9 Å². The summed E-state index contributed by atoms with van der Waals surface area (Å²) in [7, 11) is 1.33. The minimum atomic E-state index is -0.688. The van der Waals surface area contributed by atoms with Crippen LogP contribution in [0.2, 0.25) is 0 Å². The highest BCUT2D eigenvalue weighted by molar-refractivity contribution is 5.92. The predicted molar refractivity (Wildman–Crippen MR) is 64.8 cm³/mol. The summed E-state index contributed by atoms with van der Waals surface area (Å²) in [5.41, 5.74) is 0.0607. The molecule has 19 heavy (non-hydrogen) atoms. The number of carbonyl (C=O) groups is 2. The molecule has 5 nitrogen and oxygen atoms in total. The Balaban J connectivity index is 2.09. The molecule has 2 rings (SSSR count). The summed E-state index contributed by atoms with van der Waals surface area (Å²) in [6.07, 6.45) is 1.42. The number of ether oxygens (including phenoxy) is 1. The average Bonchev–Trinajstić information content (AvgIpc) is 2.45. The van der Waals surface area contributed by atoms with Gasteiger partial charge in [0.15, 0.2) is 0 Å². The molecule has 1 saturated heterocycles. The lowest BCUT2D eigenvalue weighted by Gasteiger charge is -2.31. The van der Waals surface area contributed by atoms with Gasteiger partial charge in [-0.1, -0.05) is 6.07 Å². The first-order chi connectivity index (χ1) is 9.11. The van der Waals surface area contributed by atoms with Crippen molar-refractivity contribution in [2.24, 2.45) is 5.92 Å². The van der Waals surface area contributed by atoms with Crippen molar-refractivity contribution in [2.75, 3.05) is 20.2 Å². The Morgan fingerprint density at radius 1 is 1.47 bits per heavy atom. The Morgan fingerprint density at radius 2 is 2.26 bits per heavy atom. The molecule has 0 saturated carbocycles. The third-order valence-corrected chi connectivity index (χ3v) is 3.18. The van der Waals surface area contributed by atoms with Crippen molar-refractivity contribution in [2.45, 2.75) is 12.8 Å². The van der Waals surface area contributed by atoms with Crippen LogP contribution < -0.4 is 0 Å². The molecule has 0 radical (unpaired) electrons. The van der Waals surface area contributed by atoms with Gasteiger partial charge in [-0.3, -0.25) is 9.59 Å². The van der Waals surface area contributed by atoms with Crippen molar-refractivity contribution in [3.63, 3.8) is 0 Å². The maximum absolute atomic E-state index is 13.0. The van der Waals surface area contributed by atoms with Gasteiger partial charge >= 0.3 is 5.97 Å². The summed E-state index contributed by atoms with van der Waals surface area (Å²) >= 11 is 0. The fourth-order valence-corrected chi connectivity index (χ4v) is 2.21. The summed E-state index contributed by atoms with van der Waals surface area (Å²) in [5, 5.41) is 0. The first kappa shape index (κ1) is 13.5. The van der Waals surface area contributed by atoms with Gasteiger partial charge in [0.25, 0.3) is 5.91 Å². The van der Waals surface area contributed by atoms with Crippen LogP contribution in [0.5, 0.6) is 0 Å². The molecule has 1 aliphatic heterocycles. The molecule has 0 N–H and O–H groups in total. The van der Waals surface area contributed by atoms with Crippen LogP contribution in [0.1, 0.15) is 23.3 Å². The SMILES string of the molecule is COC(=O)C1CCCN(C(=O)c2cccc(F)n2)C1. The summed E-state index contributed by atoms with van der Waals surface area (Å²) in [6, 6.07) is 4.09. The molecule has 1 aliphatic rings. The van der Waals surface area contributed by atoms with Crippen LogP contribution in [-0.2, 0) is 9.53 Å². The number of pyridine rings is 1. The number of nitrogens with zero attached hydrogens (tertiary/aromatic N) is 2. The van der Waals surface area contributed by atoms with E-state index in [2.05, 4.69) is 4.98 Å².